The zero-order valence-corrected chi connectivity index (χ0v) is 21.6. The van der Waals surface area contributed by atoms with Crippen LogP contribution < -0.4 is 5.32 Å². The highest BCUT2D eigenvalue weighted by atomic mass is 35.5. The van der Waals surface area contributed by atoms with Crippen LogP contribution >= 0.6 is 11.6 Å². The van der Waals surface area contributed by atoms with Crippen molar-refractivity contribution in [2.45, 2.75) is 65.1 Å². The Kier molecular flexibility index (Phi) is 9.92. The number of carbonyl (C=O) groups excluding carboxylic acids is 2. The smallest absolute Gasteiger partial charge is 0.243 e. The lowest BCUT2D eigenvalue weighted by Gasteiger charge is -2.32. The molecule has 4 nitrogen and oxygen atoms in total. The summed E-state index contributed by atoms with van der Waals surface area (Å²) < 4.78 is 0. The van der Waals surface area contributed by atoms with Crippen LogP contribution in [-0.4, -0.2) is 28.8 Å². The standard InChI is InChI=1S/C30H35ClN2O2/c1-4-23-10-12-24(13-11-23)16-19-29(34)33(21-26-14-17-27(31)18-15-26)28(30(35)32-22(2)3)20-25-8-6-5-7-9-25/h5-15,17-18,22,28H,4,16,19-21H2,1-3H3,(H,32,35). The molecule has 0 bridgehead atoms. The van der Waals surface area contributed by atoms with E-state index in [0.29, 0.717) is 30.8 Å². The van der Waals surface area contributed by atoms with E-state index in [-0.39, 0.29) is 17.9 Å². The third-order valence-corrected chi connectivity index (χ3v) is 6.28. The topological polar surface area (TPSA) is 49.4 Å². The van der Waals surface area contributed by atoms with Crippen molar-refractivity contribution < 1.29 is 9.59 Å². The first-order valence-corrected chi connectivity index (χ1v) is 12.7. The van der Waals surface area contributed by atoms with Crippen molar-refractivity contribution >= 4 is 23.4 Å². The van der Waals surface area contributed by atoms with Crippen LogP contribution in [0, 0.1) is 0 Å². The second kappa shape index (κ2) is 13.1. The normalized spacial score (nSPS) is 11.8. The summed E-state index contributed by atoms with van der Waals surface area (Å²) in [6, 6.07) is 25.1. The second-order valence-corrected chi connectivity index (χ2v) is 9.62. The van der Waals surface area contributed by atoms with Gasteiger partial charge in [-0.05, 0) is 61.1 Å². The van der Waals surface area contributed by atoms with Gasteiger partial charge in [0.05, 0.1) is 0 Å². The minimum absolute atomic E-state index is 0.0228. The zero-order chi connectivity index (χ0) is 25.2. The summed E-state index contributed by atoms with van der Waals surface area (Å²) in [5, 5.41) is 3.67. The molecule has 1 unspecified atom stereocenters. The molecule has 0 aliphatic rings. The van der Waals surface area contributed by atoms with E-state index in [9.17, 15) is 9.59 Å². The summed E-state index contributed by atoms with van der Waals surface area (Å²) in [7, 11) is 0. The molecule has 35 heavy (non-hydrogen) atoms. The zero-order valence-electron chi connectivity index (χ0n) is 20.8. The highest BCUT2D eigenvalue weighted by molar-refractivity contribution is 6.30. The van der Waals surface area contributed by atoms with Gasteiger partial charge < -0.3 is 10.2 Å². The van der Waals surface area contributed by atoms with Gasteiger partial charge in [-0.15, -0.1) is 0 Å². The van der Waals surface area contributed by atoms with Crippen LogP contribution in [0.1, 0.15) is 49.4 Å². The van der Waals surface area contributed by atoms with Gasteiger partial charge in [0, 0.05) is 30.5 Å². The molecular formula is C30H35ClN2O2. The van der Waals surface area contributed by atoms with E-state index in [2.05, 4.69) is 36.5 Å². The maximum absolute atomic E-state index is 13.7. The second-order valence-electron chi connectivity index (χ2n) is 9.19. The van der Waals surface area contributed by atoms with Crippen molar-refractivity contribution in [2.75, 3.05) is 0 Å². The number of benzene rings is 3. The van der Waals surface area contributed by atoms with Gasteiger partial charge in [-0.2, -0.15) is 0 Å². The Morgan fingerprint density at radius 3 is 2.03 bits per heavy atom. The van der Waals surface area contributed by atoms with Crippen LogP contribution in [0.5, 0.6) is 0 Å². The first-order valence-electron chi connectivity index (χ1n) is 12.3. The van der Waals surface area contributed by atoms with E-state index in [0.717, 1.165) is 23.1 Å². The predicted octanol–water partition coefficient (Wildman–Crippen LogP) is 6.00. The molecule has 0 spiro atoms. The maximum Gasteiger partial charge on any atom is 0.243 e. The molecule has 1 N–H and O–H groups in total. The molecule has 0 saturated carbocycles. The third-order valence-electron chi connectivity index (χ3n) is 6.03. The van der Waals surface area contributed by atoms with Gasteiger partial charge in [0.2, 0.25) is 11.8 Å². The molecule has 5 heteroatoms. The molecule has 3 aromatic rings. The minimum Gasteiger partial charge on any atom is -0.352 e. The molecule has 1 atom stereocenters. The summed E-state index contributed by atoms with van der Waals surface area (Å²) in [5.74, 6) is -0.183. The number of amides is 2. The molecule has 0 fully saturated rings. The van der Waals surface area contributed by atoms with E-state index in [1.165, 1.54) is 5.56 Å². The SMILES string of the molecule is CCc1ccc(CCC(=O)N(Cc2ccc(Cl)cc2)C(Cc2ccccc2)C(=O)NC(C)C)cc1. The van der Waals surface area contributed by atoms with Crippen molar-refractivity contribution in [3.05, 3.63) is 106 Å². The molecule has 0 radical (unpaired) electrons. The van der Waals surface area contributed by atoms with E-state index in [1.807, 2.05) is 68.4 Å². The number of nitrogens with zero attached hydrogens (tertiary/aromatic N) is 1. The molecule has 0 aromatic heterocycles. The Bertz CT molecular complexity index is 1080. The highest BCUT2D eigenvalue weighted by Gasteiger charge is 2.30. The molecule has 184 valence electrons. The van der Waals surface area contributed by atoms with Gasteiger partial charge in [0.1, 0.15) is 6.04 Å². The fourth-order valence-electron chi connectivity index (χ4n) is 4.06. The Hall–Kier alpha value is -3.11. The first kappa shape index (κ1) is 26.5. The van der Waals surface area contributed by atoms with Gasteiger partial charge in [0.25, 0.3) is 0 Å². The lowest BCUT2D eigenvalue weighted by atomic mass is 10.0. The van der Waals surface area contributed by atoms with Crippen LogP contribution in [0.15, 0.2) is 78.9 Å². The monoisotopic (exact) mass is 490 g/mol. The Balaban J connectivity index is 1.87. The number of aryl methyl sites for hydroxylation is 2. The number of nitrogens with one attached hydrogen (secondary N) is 1. The Morgan fingerprint density at radius 2 is 1.43 bits per heavy atom. The van der Waals surface area contributed by atoms with Crippen molar-refractivity contribution in [1.82, 2.24) is 10.2 Å². The molecule has 3 rings (SSSR count). The van der Waals surface area contributed by atoms with Crippen molar-refractivity contribution in [3.63, 3.8) is 0 Å². The van der Waals surface area contributed by atoms with E-state index < -0.39 is 6.04 Å². The molecule has 0 aliphatic carbocycles. The number of hydrogen-bond acceptors (Lipinski definition) is 2. The van der Waals surface area contributed by atoms with Gasteiger partial charge in [-0.25, -0.2) is 0 Å². The predicted molar refractivity (Wildman–Crippen MR) is 143 cm³/mol. The molecular weight excluding hydrogens is 456 g/mol. The summed E-state index contributed by atoms with van der Waals surface area (Å²) >= 11 is 6.08. The average molecular weight is 491 g/mol. The molecule has 3 aromatic carbocycles. The van der Waals surface area contributed by atoms with Crippen LogP contribution in [0.2, 0.25) is 5.02 Å². The van der Waals surface area contributed by atoms with Crippen molar-refractivity contribution in [2.24, 2.45) is 0 Å². The third kappa shape index (κ3) is 8.25. The molecule has 0 saturated heterocycles. The Labute approximate surface area is 214 Å². The average Bonchev–Trinajstić information content (AvgIpc) is 2.86. The summed E-state index contributed by atoms with van der Waals surface area (Å²) in [5.41, 5.74) is 4.34. The van der Waals surface area contributed by atoms with Crippen molar-refractivity contribution in [3.8, 4) is 0 Å². The first-order chi connectivity index (χ1) is 16.9. The molecule has 0 aliphatic heterocycles. The van der Waals surface area contributed by atoms with Gasteiger partial charge in [0.15, 0.2) is 0 Å². The number of carbonyl (C=O) groups is 2. The van der Waals surface area contributed by atoms with Crippen LogP contribution in [0.25, 0.3) is 0 Å². The molecule has 0 heterocycles. The number of halogens is 1. The summed E-state index contributed by atoms with van der Waals surface area (Å²) in [6.45, 7) is 6.33. The van der Waals surface area contributed by atoms with Crippen LogP contribution in [0.3, 0.4) is 0 Å². The number of rotatable bonds is 11. The van der Waals surface area contributed by atoms with Gasteiger partial charge in [-0.1, -0.05) is 85.3 Å². The van der Waals surface area contributed by atoms with E-state index in [4.69, 9.17) is 11.6 Å². The lowest BCUT2D eigenvalue weighted by Crippen LogP contribution is -2.51. The van der Waals surface area contributed by atoms with Crippen molar-refractivity contribution in [1.29, 1.82) is 0 Å². The fraction of sp³-hybridized carbons (Fsp3) is 0.333. The van der Waals surface area contributed by atoms with Gasteiger partial charge in [-0.3, -0.25) is 9.59 Å². The Morgan fingerprint density at radius 1 is 0.829 bits per heavy atom. The van der Waals surface area contributed by atoms with E-state index >= 15 is 0 Å². The van der Waals surface area contributed by atoms with Crippen LogP contribution in [0.4, 0.5) is 0 Å². The quantitative estimate of drug-likeness (QED) is 0.358. The largest absolute Gasteiger partial charge is 0.352 e. The molecule has 2 amide bonds. The van der Waals surface area contributed by atoms with Crippen LogP contribution in [-0.2, 0) is 35.4 Å². The van der Waals surface area contributed by atoms with E-state index in [1.54, 1.807) is 4.90 Å². The van der Waals surface area contributed by atoms with Gasteiger partial charge >= 0.3 is 0 Å². The summed E-state index contributed by atoms with van der Waals surface area (Å²) in [6.07, 6.45) is 2.40. The highest BCUT2D eigenvalue weighted by Crippen LogP contribution is 2.19. The lowest BCUT2D eigenvalue weighted by molar-refractivity contribution is -0.141. The summed E-state index contributed by atoms with van der Waals surface area (Å²) in [4.78, 5) is 28.8. The minimum atomic E-state index is -0.620. The maximum atomic E-state index is 13.7. The number of hydrogen-bond donors (Lipinski definition) is 1. The fourth-order valence-corrected chi connectivity index (χ4v) is 4.18.